The summed E-state index contributed by atoms with van der Waals surface area (Å²) in [5.74, 6) is -2.28. The van der Waals surface area contributed by atoms with Crippen LogP contribution >= 0.6 is 23.5 Å². The second-order valence-electron chi connectivity index (χ2n) is 23.6. The van der Waals surface area contributed by atoms with E-state index in [1.165, 1.54) is 57.6 Å². The number of carbonyl (C=O) groups excluding carboxylic acids is 6. The quantitative estimate of drug-likeness (QED) is 0.104. The third-order valence-electron chi connectivity index (χ3n) is 13.7. The molecule has 3 heterocycles. The molecule has 0 saturated carbocycles. The molecule has 4 amide bonds. The van der Waals surface area contributed by atoms with Crippen LogP contribution in [0.3, 0.4) is 0 Å². The Bertz CT molecular complexity index is 3010. The average molecular weight is 1210 g/mol. The number of amides is 4. The van der Waals surface area contributed by atoms with Gasteiger partial charge in [0.15, 0.2) is 0 Å². The third-order valence-corrected chi connectivity index (χ3v) is 20.4. The third kappa shape index (κ3) is 15.7. The lowest BCUT2D eigenvalue weighted by Gasteiger charge is -2.33. The lowest BCUT2D eigenvalue weighted by molar-refractivity contribution is -0.159. The number of thioether (sulfide) groups is 2. The van der Waals surface area contributed by atoms with E-state index in [1.807, 2.05) is 13.8 Å². The van der Waals surface area contributed by atoms with Crippen LogP contribution in [0.15, 0.2) is 107 Å². The van der Waals surface area contributed by atoms with Gasteiger partial charge in [0.05, 0.1) is 21.5 Å². The Balaban J connectivity index is 0.927. The maximum Gasteiger partial charge on any atom is 0.415 e. The molecule has 2 N–H and O–H groups in total. The molecule has 4 atom stereocenters. The molecule has 0 unspecified atom stereocenters. The van der Waals surface area contributed by atoms with E-state index in [4.69, 9.17) is 18.9 Å². The summed E-state index contributed by atoms with van der Waals surface area (Å²) in [5, 5.41) is 5.60. The summed E-state index contributed by atoms with van der Waals surface area (Å²) in [6, 6.07) is 20.8. The number of ether oxygens (including phenoxy) is 4. The Morgan fingerprint density at radius 1 is 0.524 bits per heavy atom. The Morgan fingerprint density at radius 2 is 0.829 bits per heavy atom. The van der Waals surface area contributed by atoms with Gasteiger partial charge in [0.25, 0.3) is 0 Å². The number of benzene rings is 4. The summed E-state index contributed by atoms with van der Waals surface area (Å²) in [5.41, 5.74) is 1.12. The predicted molar refractivity (Wildman–Crippen MR) is 312 cm³/mol. The Labute approximate surface area is 489 Å². The van der Waals surface area contributed by atoms with E-state index >= 15 is 0 Å². The van der Waals surface area contributed by atoms with Crippen molar-refractivity contribution >= 4 is 79.5 Å². The molecule has 0 aliphatic carbocycles. The zero-order valence-electron chi connectivity index (χ0n) is 48.3. The number of carbonyl (C=O) groups is 6. The summed E-state index contributed by atoms with van der Waals surface area (Å²) in [4.78, 5) is 85.4. The molecule has 3 saturated heterocycles. The average Bonchev–Trinajstić information content (AvgIpc) is 4.05. The van der Waals surface area contributed by atoms with Gasteiger partial charge in [0, 0.05) is 48.5 Å². The van der Waals surface area contributed by atoms with Crippen LogP contribution in [0.25, 0.3) is 0 Å². The fourth-order valence-electron chi connectivity index (χ4n) is 9.36. The molecule has 7 rings (SSSR count). The molecule has 444 valence electrons. The maximum atomic E-state index is 14.2. The molecule has 82 heavy (non-hydrogen) atoms. The van der Waals surface area contributed by atoms with E-state index in [-0.39, 0.29) is 72.1 Å². The van der Waals surface area contributed by atoms with Gasteiger partial charge in [0.1, 0.15) is 46.9 Å². The largest absolute Gasteiger partial charge is 0.458 e. The van der Waals surface area contributed by atoms with Crippen LogP contribution in [0.2, 0.25) is 0 Å². The Hall–Kier alpha value is -6.18. The number of aryl methyl sites for hydroxylation is 2. The van der Waals surface area contributed by atoms with Crippen molar-refractivity contribution in [1.29, 1.82) is 0 Å². The molecule has 3 aliphatic rings. The summed E-state index contributed by atoms with van der Waals surface area (Å²) < 4.78 is 78.9. The van der Waals surface area contributed by atoms with Gasteiger partial charge in [-0.05, 0) is 143 Å². The van der Waals surface area contributed by atoms with Crippen LogP contribution in [0.1, 0.15) is 91.5 Å². The predicted octanol–water partition coefficient (Wildman–Crippen LogP) is 7.44. The number of nitrogens with zero attached hydrogens (tertiary/aromatic N) is 4. The van der Waals surface area contributed by atoms with Crippen molar-refractivity contribution in [2.24, 2.45) is 0 Å². The van der Waals surface area contributed by atoms with Gasteiger partial charge in [0.2, 0.25) is 31.9 Å². The first-order chi connectivity index (χ1) is 38.1. The highest BCUT2D eigenvalue weighted by Crippen LogP contribution is 2.44. The second kappa shape index (κ2) is 25.0. The minimum absolute atomic E-state index is 0.0266. The molecule has 4 aromatic rings. The number of hydrogen-bond donors (Lipinski definition) is 2. The van der Waals surface area contributed by atoms with Gasteiger partial charge in [-0.2, -0.15) is 8.61 Å². The lowest BCUT2D eigenvalue weighted by Crippen LogP contribution is -2.57. The summed E-state index contributed by atoms with van der Waals surface area (Å²) in [6.45, 7) is 21.5. The number of nitrogens with one attached hydrogen (secondary N) is 2. The van der Waals surface area contributed by atoms with E-state index in [2.05, 4.69) is 10.6 Å². The van der Waals surface area contributed by atoms with Crippen molar-refractivity contribution in [1.82, 2.24) is 29.0 Å². The molecular formula is C58H74N6O14S4. The van der Waals surface area contributed by atoms with Crippen molar-refractivity contribution in [2.75, 3.05) is 37.9 Å². The summed E-state index contributed by atoms with van der Waals surface area (Å²) in [7, 11) is -8.19. The van der Waals surface area contributed by atoms with Crippen molar-refractivity contribution in [3.8, 4) is 11.5 Å². The number of sulfonamides is 2. The first-order valence-electron chi connectivity index (χ1n) is 26.8. The van der Waals surface area contributed by atoms with E-state index in [0.717, 1.165) is 19.7 Å². The van der Waals surface area contributed by atoms with Crippen LogP contribution in [-0.4, -0.2) is 154 Å². The normalized spacial score (nSPS) is 19.4. The molecule has 24 heteroatoms. The van der Waals surface area contributed by atoms with Gasteiger partial charge < -0.3 is 39.4 Å². The van der Waals surface area contributed by atoms with Crippen LogP contribution < -0.4 is 20.1 Å². The fourth-order valence-corrected chi connectivity index (χ4v) is 15.7. The van der Waals surface area contributed by atoms with E-state index in [9.17, 15) is 45.6 Å². The van der Waals surface area contributed by atoms with Crippen molar-refractivity contribution < 1.29 is 64.6 Å². The number of rotatable bonds is 16. The highest BCUT2D eigenvalue weighted by atomic mass is 32.2. The molecule has 0 aromatic heterocycles. The van der Waals surface area contributed by atoms with E-state index in [0.29, 0.717) is 11.1 Å². The first-order valence-corrected chi connectivity index (χ1v) is 31.6. The van der Waals surface area contributed by atoms with Gasteiger partial charge in [-0.1, -0.05) is 59.7 Å². The SMILES string of the molecule is Cc1ccc(S(=O)(=O)N2CSC(C)(C)[C@H]2C(=O)N[C@@H](Cc2ccc(OC(=O)N3CCN(C(=O)Oc4ccc(C[C@H](NC(=O)[C@H]5N(S(=O)(=O)c6ccc(C)cc6)CSC5(C)C)C(=O)OC(C)(C)C)cc4)CC3)cc2)C(=O)OC(C)(C)C)cc1. The molecule has 0 bridgehead atoms. The smallest absolute Gasteiger partial charge is 0.415 e. The van der Waals surface area contributed by atoms with Gasteiger partial charge >= 0.3 is 24.1 Å². The van der Waals surface area contributed by atoms with Crippen molar-refractivity contribution in [3.05, 3.63) is 119 Å². The van der Waals surface area contributed by atoms with Gasteiger partial charge in [-0.15, -0.1) is 23.5 Å². The monoisotopic (exact) mass is 1210 g/mol. The number of hydrogen-bond acceptors (Lipinski definition) is 16. The molecular weight excluding hydrogens is 1130 g/mol. The number of esters is 2. The highest BCUT2D eigenvalue weighted by molar-refractivity contribution is 8.02. The first kappa shape index (κ1) is 63.4. The molecule has 3 fully saturated rings. The highest BCUT2D eigenvalue weighted by Gasteiger charge is 2.53. The Kier molecular flexibility index (Phi) is 19.3. The van der Waals surface area contributed by atoms with Gasteiger partial charge in [-0.3, -0.25) is 9.59 Å². The molecule has 3 aliphatic heterocycles. The zero-order valence-corrected chi connectivity index (χ0v) is 51.6. The summed E-state index contributed by atoms with van der Waals surface area (Å²) in [6.07, 6.45) is -1.37. The molecule has 4 aromatic carbocycles. The van der Waals surface area contributed by atoms with Crippen LogP contribution in [-0.2, 0) is 61.5 Å². The minimum atomic E-state index is -4.09. The zero-order chi connectivity index (χ0) is 60.3. The van der Waals surface area contributed by atoms with Gasteiger partial charge in [-0.25, -0.2) is 36.0 Å². The second-order valence-corrected chi connectivity index (χ2v) is 30.5. The van der Waals surface area contributed by atoms with Crippen molar-refractivity contribution in [3.63, 3.8) is 0 Å². The van der Waals surface area contributed by atoms with Crippen LogP contribution in [0.5, 0.6) is 11.5 Å². The van der Waals surface area contributed by atoms with Crippen LogP contribution in [0.4, 0.5) is 9.59 Å². The number of piperazine rings is 1. The summed E-state index contributed by atoms with van der Waals surface area (Å²) >= 11 is 2.63. The van der Waals surface area contributed by atoms with E-state index in [1.54, 1.807) is 142 Å². The maximum absolute atomic E-state index is 14.2. The van der Waals surface area contributed by atoms with E-state index < -0.39 is 101 Å². The fraction of sp³-hybridized carbons (Fsp3) is 0.483. The lowest BCUT2D eigenvalue weighted by atomic mass is 10.0. The standard InChI is InChI=1S/C58H74N6O14S4/c1-37-13-25-43(26-14-37)81(71,72)63-35-79-57(9,10)47(63)49(65)59-45(51(67)77-55(3,4)5)33-39-17-21-41(22-18-39)75-53(69)61-29-31-62(32-30-61)54(70)76-42-23-19-40(20-24-42)34-46(52(68)78-56(6,7)8)60-50(66)48-58(11,12)80-36-64(48)82(73,74)44-27-15-38(2)16-28-44/h13-28,45-48H,29-36H2,1-12H3,(H,59,65)(H,60,66)/t45-,46-,47+,48+/m0/s1. The van der Waals surface area contributed by atoms with Crippen LogP contribution in [0, 0.1) is 13.8 Å². The topological polar surface area (TPSA) is 245 Å². The van der Waals surface area contributed by atoms with Crippen molar-refractivity contribution in [2.45, 2.75) is 151 Å². The molecule has 0 spiro atoms. The molecule has 0 radical (unpaired) electrons. The Morgan fingerprint density at radius 3 is 1.12 bits per heavy atom. The minimum Gasteiger partial charge on any atom is -0.458 e. The molecule has 20 nitrogen and oxygen atoms in total.